The summed E-state index contributed by atoms with van der Waals surface area (Å²) in [5, 5.41) is 17.7. The van der Waals surface area contributed by atoms with E-state index < -0.39 is 5.54 Å². The van der Waals surface area contributed by atoms with E-state index in [1.807, 2.05) is 31.2 Å². The normalized spacial score (nSPS) is 17.4. The van der Waals surface area contributed by atoms with Crippen molar-refractivity contribution < 1.29 is 9.53 Å². The van der Waals surface area contributed by atoms with Crippen LogP contribution in [-0.2, 0) is 27.9 Å². The van der Waals surface area contributed by atoms with E-state index in [9.17, 15) is 4.79 Å². The van der Waals surface area contributed by atoms with Crippen LogP contribution in [0.25, 0.3) is 28.2 Å². The van der Waals surface area contributed by atoms with Gasteiger partial charge in [-0.05, 0) is 47.0 Å². The topological polar surface area (TPSA) is 111 Å². The van der Waals surface area contributed by atoms with Crippen molar-refractivity contribution in [2.24, 2.45) is 0 Å². The van der Waals surface area contributed by atoms with Gasteiger partial charge in [-0.3, -0.25) is 9.88 Å². The van der Waals surface area contributed by atoms with E-state index in [0.717, 1.165) is 58.9 Å². The summed E-state index contributed by atoms with van der Waals surface area (Å²) in [6, 6.07) is 16.3. The van der Waals surface area contributed by atoms with Gasteiger partial charge in [-0.25, -0.2) is 14.9 Å². The average molecular weight is 458 g/mol. The fourth-order valence-electron chi connectivity index (χ4n) is 4.77. The van der Waals surface area contributed by atoms with Gasteiger partial charge in [-0.2, -0.15) is 0 Å². The molecule has 5 rings (SSSR count). The number of carbonyl (C=O) groups is 1. The first-order valence-electron chi connectivity index (χ1n) is 11.4. The van der Waals surface area contributed by atoms with Gasteiger partial charge < -0.3 is 4.74 Å². The summed E-state index contributed by atoms with van der Waals surface area (Å²) < 4.78 is 7.30. The monoisotopic (exact) mass is 457 g/mol. The van der Waals surface area contributed by atoms with Crippen molar-refractivity contribution in [1.82, 2.24) is 35.5 Å². The van der Waals surface area contributed by atoms with Crippen LogP contribution in [0.2, 0.25) is 0 Å². The standard InChI is InChI=1S/C25H27N7O2/c1-4-7-21-27-20-14-15-26-25(2,24(33)34-3)22(20)32(21)17-12-10-16(11-13-17)18-8-5-6-9-19(18)23-28-30-31-29-23/h5-6,8-13,26H,4,7,14-15H2,1-3H3,(H,28,29,30,31). The average Bonchev–Trinajstić information content (AvgIpc) is 3.53. The summed E-state index contributed by atoms with van der Waals surface area (Å²) >= 11 is 0. The summed E-state index contributed by atoms with van der Waals surface area (Å²) in [6.45, 7) is 4.68. The van der Waals surface area contributed by atoms with Crippen LogP contribution in [0.4, 0.5) is 0 Å². The summed E-state index contributed by atoms with van der Waals surface area (Å²) in [4.78, 5) is 17.8. The third-order valence-electron chi connectivity index (χ3n) is 6.36. The Kier molecular flexibility index (Phi) is 5.70. The van der Waals surface area contributed by atoms with Crippen molar-refractivity contribution in [3.63, 3.8) is 0 Å². The number of methoxy groups -OCH3 is 1. The number of fused-ring (bicyclic) bond motifs is 1. The molecule has 1 aliphatic heterocycles. The van der Waals surface area contributed by atoms with E-state index in [1.165, 1.54) is 7.11 Å². The van der Waals surface area contributed by atoms with Gasteiger partial charge in [0.15, 0.2) is 11.4 Å². The van der Waals surface area contributed by atoms with Crippen molar-refractivity contribution in [2.45, 2.75) is 38.6 Å². The van der Waals surface area contributed by atoms with E-state index in [2.05, 4.69) is 61.7 Å². The minimum atomic E-state index is -0.966. The van der Waals surface area contributed by atoms with Crippen molar-refractivity contribution >= 4 is 5.97 Å². The molecule has 4 aromatic rings. The molecule has 9 nitrogen and oxygen atoms in total. The number of ether oxygens (including phenoxy) is 1. The van der Waals surface area contributed by atoms with E-state index in [0.29, 0.717) is 12.4 Å². The quantitative estimate of drug-likeness (QED) is 0.428. The van der Waals surface area contributed by atoms with Crippen LogP contribution in [-0.4, -0.2) is 49.8 Å². The first-order valence-corrected chi connectivity index (χ1v) is 11.4. The Labute approximate surface area is 197 Å². The second-order valence-corrected chi connectivity index (χ2v) is 8.54. The molecule has 0 fully saturated rings. The van der Waals surface area contributed by atoms with Crippen LogP contribution in [0.1, 0.15) is 37.5 Å². The molecule has 1 atom stereocenters. The number of hydrogen-bond acceptors (Lipinski definition) is 7. The SMILES string of the molecule is CCCc1nc2c(n1-c1ccc(-c3ccccc3-c3nnn[nH]3)cc1)C(C)(C(=O)OC)NCC2. The molecule has 9 heteroatoms. The molecular weight excluding hydrogens is 430 g/mol. The summed E-state index contributed by atoms with van der Waals surface area (Å²) in [5.74, 6) is 1.25. The first-order chi connectivity index (χ1) is 16.6. The maximum Gasteiger partial charge on any atom is 0.332 e. The third-order valence-corrected chi connectivity index (χ3v) is 6.36. The number of imidazole rings is 1. The Morgan fingerprint density at radius 2 is 1.91 bits per heavy atom. The number of nitrogens with zero attached hydrogens (tertiary/aromatic N) is 5. The maximum atomic E-state index is 12.8. The lowest BCUT2D eigenvalue weighted by atomic mass is 9.91. The maximum absolute atomic E-state index is 12.8. The zero-order chi connectivity index (χ0) is 23.7. The first kappa shape index (κ1) is 22.0. The Bertz CT molecular complexity index is 1310. The molecule has 3 heterocycles. The molecule has 0 saturated heterocycles. The molecule has 2 aromatic heterocycles. The molecule has 2 N–H and O–H groups in total. The van der Waals surface area contributed by atoms with Gasteiger partial charge in [-0.15, -0.1) is 5.10 Å². The summed E-state index contributed by atoms with van der Waals surface area (Å²) in [6.07, 6.45) is 2.53. The number of H-pyrrole nitrogens is 1. The van der Waals surface area contributed by atoms with Gasteiger partial charge in [0.05, 0.1) is 18.5 Å². The zero-order valence-corrected chi connectivity index (χ0v) is 19.5. The highest BCUT2D eigenvalue weighted by Gasteiger charge is 2.44. The Morgan fingerprint density at radius 1 is 1.15 bits per heavy atom. The molecule has 2 aromatic carbocycles. The number of rotatable bonds is 6. The molecule has 0 amide bonds. The number of aryl methyl sites for hydroxylation is 1. The Morgan fingerprint density at radius 3 is 2.59 bits per heavy atom. The lowest BCUT2D eigenvalue weighted by Crippen LogP contribution is -2.52. The van der Waals surface area contributed by atoms with Crippen molar-refractivity contribution in [1.29, 1.82) is 0 Å². The lowest BCUT2D eigenvalue weighted by Gasteiger charge is -2.33. The van der Waals surface area contributed by atoms with Crippen molar-refractivity contribution in [3.05, 3.63) is 65.7 Å². The molecule has 0 bridgehead atoms. The predicted molar refractivity (Wildman–Crippen MR) is 127 cm³/mol. The van der Waals surface area contributed by atoms with Crippen LogP contribution in [0.3, 0.4) is 0 Å². The fourth-order valence-corrected chi connectivity index (χ4v) is 4.77. The fraction of sp³-hybridized carbons (Fsp3) is 0.320. The molecule has 34 heavy (non-hydrogen) atoms. The number of hydrogen-bond donors (Lipinski definition) is 2. The molecule has 174 valence electrons. The number of aromatic amines is 1. The number of aromatic nitrogens is 6. The number of tetrazole rings is 1. The second kappa shape index (κ2) is 8.83. The number of benzene rings is 2. The highest BCUT2D eigenvalue weighted by atomic mass is 16.5. The van der Waals surface area contributed by atoms with Gasteiger partial charge in [0, 0.05) is 30.6 Å². The molecular formula is C25H27N7O2. The Hall–Kier alpha value is -3.85. The van der Waals surface area contributed by atoms with Gasteiger partial charge in [0.25, 0.3) is 0 Å². The Balaban J connectivity index is 1.62. The van der Waals surface area contributed by atoms with Crippen molar-refractivity contribution in [2.75, 3.05) is 13.7 Å². The van der Waals surface area contributed by atoms with Gasteiger partial charge in [0.2, 0.25) is 0 Å². The molecule has 1 unspecified atom stereocenters. The molecule has 0 spiro atoms. The van der Waals surface area contributed by atoms with Gasteiger partial charge in [0.1, 0.15) is 5.82 Å². The lowest BCUT2D eigenvalue weighted by molar-refractivity contribution is -0.148. The van der Waals surface area contributed by atoms with E-state index in [1.54, 1.807) is 0 Å². The van der Waals surface area contributed by atoms with Crippen LogP contribution < -0.4 is 5.32 Å². The molecule has 0 aliphatic carbocycles. The highest BCUT2D eigenvalue weighted by molar-refractivity contribution is 5.83. The van der Waals surface area contributed by atoms with Crippen LogP contribution >= 0.6 is 0 Å². The minimum Gasteiger partial charge on any atom is -0.467 e. The van der Waals surface area contributed by atoms with E-state index in [4.69, 9.17) is 9.72 Å². The summed E-state index contributed by atoms with van der Waals surface area (Å²) in [7, 11) is 1.42. The van der Waals surface area contributed by atoms with Gasteiger partial charge >= 0.3 is 5.97 Å². The molecule has 1 aliphatic rings. The zero-order valence-electron chi connectivity index (χ0n) is 19.5. The largest absolute Gasteiger partial charge is 0.467 e. The predicted octanol–water partition coefficient (Wildman–Crippen LogP) is 3.21. The third kappa shape index (κ3) is 3.58. The van der Waals surface area contributed by atoms with Crippen LogP contribution in [0.5, 0.6) is 0 Å². The highest BCUT2D eigenvalue weighted by Crippen LogP contribution is 2.35. The van der Waals surface area contributed by atoms with Crippen LogP contribution in [0, 0.1) is 0 Å². The molecule has 0 saturated carbocycles. The number of carbonyl (C=O) groups excluding carboxylic acids is 1. The van der Waals surface area contributed by atoms with Crippen LogP contribution in [0.15, 0.2) is 48.5 Å². The molecule has 0 radical (unpaired) electrons. The van der Waals surface area contributed by atoms with Gasteiger partial charge in [-0.1, -0.05) is 43.3 Å². The second-order valence-electron chi connectivity index (χ2n) is 8.54. The smallest absolute Gasteiger partial charge is 0.332 e. The number of esters is 1. The van der Waals surface area contributed by atoms with Crippen molar-refractivity contribution in [3.8, 4) is 28.2 Å². The summed E-state index contributed by atoms with van der Waals surface area (Å²) in [5.41, 5.74) is 4.78. The van der Waals surface area contributed by atoms with E-state index in [-0.39, 0.29) is 5.97 Å². The minimum absolute atomic E-state index is 0.316. The van der Waals surface area contributed by atoms with E-state index >= 15 is 0 Å². The number of nitrogens with one attached hydrogen (secondary N) is 2.